The van der Waals surface area contributed by atoms with Gasteiger partial charge in [0.1, 0.15) is 11.6 Å². The Labute approximate surface area is 133 Å². The van der Waals surface area contributed by atoms with E-state index < -0.39 is 27.4 Å². The van der Waals surface area contributed by atoms with Crippen LogP contribution in [0.5, 0.6) is 0 Å². The Morgan fingerprint density at radius 1 is 1.22 bits per heavy atom. The molecule has 3 rings (SSSR count). The van der Waals surface area contributed by atoms with Gasteiger partial charge in [-0.15, -0.1) is 0 Å². The zero-order valence-electron chi connectivity index (χ0n) is 12.6. The van der Waals surface area contributed by atoms with Crippen LogP contribution in [0.4, 0.5) is 8.78 Å². The highest BCUT2D eigenvalue weighted by Crippen LogP contribution is 2.24. The van der Waals surface area contributed by atoms with E-state index in [9.17, 15) is 17.2 Å². The number of nitrogens with zero attached hydrogens (tertiary/aromatic N) is 2. The van der Waals surface area contributed by atoms with Crippen LogP contribution in [0.2, 0.25) is 0 Å². The summed E-state index contributed by atoms with van der Waals surface area (Å²) in [6.45, 7) is 0.124. The summed E-state index contributed by atoms with van der Waals surface area (Å²) in [5, 5.41) is 4.38. The van der Waals surface area contributed by atoms with Gasteiger partial charge in [0.25, 0.3) is 0 Å². The van der Waals surface area contributed by atoms with Crippen molar-refractivity contribution >= 4 is 10.0 Å². The number of aromatic nitrogens is 2. The fourth-order valence-electron chi connectivity index (χ4n) is 2.95. The van der Waals surface area contributed by atoms with E-state index in [2.05, 4.69) is 9.82 Å². The van der Waals surface area contributed by atoms with E-state index in [-0.39, 0.29) is 12.1 Å². The summed E-state index contributed by atoms with van der Waals surface area (Å²) >= 11 is 0. The van der Waals surface area contributed by atoms with Crippen molar-refractivity contribution in [1.82, 2.24) is 14.5 Å². The van der Waals surface area contributed by atoms with Gasteiger partial charge in [0.2, 0.25) is 10.0 Å². The maximum absolute atomic E-state index is 13.1. The number of benzene rings is 1. The van der Waals surface area contributed by atoms with E-state index in [0.717, 1.165) is 48.3 Å². The lowest BCUT2D eigenvalue weighted by atomic mass is 10.2. The van der Waals surface area contributed by atoms with Gasteiger partial charge in [0, 0.05) is 13.1 Å². The molecule has 0 fully saturated rings. The molecule has 0 amide bonds. The number of aryl methyl sites for hydroxylation is 2. The third kappa shape index (κ3) is 3.59. The molecule has 1 heterocycles. The molecular formula is C15H17F2N3O2S. The van der Waals surface area contributed by atoms with Crippen molar-refractivity contribution in [2.75, 3.05) is 0 Å². The summed E-state index contributed by atoms with van der Waals surface area (Å²) in [4.78, 5) is 0. The first-order valence-electron chi connectivity index (χ1n) is 7.30. The minimum atomic E-state index is -3.70. The lowest BCUT2D eigenvalue weighted by Crippen LogP contribution is -2.26. The molecule has 124 valence electrons. The fourth-order valence-corrected chi connectivity index (χ4v) is 4.01. The number of hydrogen-bond acceptors (Lipinski definition) is 3. The Kier molecular flexibility index (Phi) is 4.20. The molecule has 0 atom stereocenters. The van der Waals surface area contributed by atoms with Crippen molar-refractivity contribution in [1.29, 1.82) is 0 Å². The molecule has 0 radical (unpaired) electrons. The van der Waals surface area contributed by atoms with E-state index in [4.69, 9.17) is 0 Å². The minimum Gasteiger partial charge on any atom is -0.271 e. The third-order valence-corrected chi connectivity index (χ3v) is 5.23. The summed E-state index contributed by atoms with van der Waals surface area (Å²) in [5.74, 6) is -2.05. The van der Waals surface area contributed by atoms with Gasteiger partial charge in [-0.1, -0.05) is 0 Å². The van der Waals surface area contributed by atoms with Crippen LogP contribution in [-0.2, 0) is 42.2 Å². The topological polar surface area (TPSA) is 64.0 Å². The predicted octanol–water partition coefficient (Wildman–Crippen LogP) is 1.81. The lowest BCUT2D eigenvalue weighted by molar-refractivity contribution is 0.571. The maximum Gasteiger partial charge on any atom is 0.216 e. The Balaban J connectivity index is 1.72. The van der Waals surface area contributed by atoms with Crippen LogP contribution in [0, 0.1) is 11.6 Å². The van der Waals surface area contributed by atoms with Crippen molar-refractivity contribution in [2.24, 2.45) is 7.05 Å². The number of sulfonamides is 1. The van der Waals surface area contributed by atoms with Gasteiger partial charge < -0.3 is 0 Å². The molecule has 0 saturated carbocycles. The molecular weight excluding hydrogens is 324 g/mol. The molecule has 23 heavy (non-hydrogen) atoms. The van der Waals surface area contributed by atoms with Gasteiger partial charge in [0.15, 0.2) is 0 Å². The molecule has 2 aromatic rings. The Bertz CT molecular complexity index is 826. The number of hydrogen-bond donors (Lipinski definition) is 1. The van der Waals surface area contributed by atoms with Crippen LogP contribution < -0.4 is 4.72 Å². The van der Waals surface area contributed by atoms with E-state index in [1.54, 1.807) is 11.7 Å². The van der Waals surface area contributed by atoms with Crippen molar-refractivity contribution in [3.8, 4) is 0 Å². The molecule has 0 saturated heterocycles. The zero-order valence-corrected chi connectivity index (χ0v) is 13.5. The van der Waals surface area contributed by atoms with E-state index >= 15 is 0 Å². The highest BCUT2D eigenvalue weighted by molar-refractivity contribution is 7.88. The van der Waals surface area contributed by atoms with E-state index in [0.29, 0.717) is 6.07 Å². The van der Waals surface area contributed by atoms with Crippen molar-refractivity contribution in [3.05, 3.63) is 52.3 Å². The quantitative estimate of drug-likeness (QED) is 0.902. The lowest BCUT2D eigenvalue weighted by Gasteiger charge is -2.09. The van der Waals surface area contributed by atoms with E-state index in [1.165, 1.54) is 0 Å². The van der Waals surface area contributed by atoms with Crippen LogP contribution in [0.25, 0.3) is 0 Å². The number of fused-ring (bicyclic) bond motifs is 1. The first kappa shape index (κ1) is 16.1. The van der Waals surface area contributed by atoms with Gasteiger partial charge in [0.05, 0.1) is 23.7 Å². The summed E-state index contributed by atoms with van der Waals surface area (Å²) in [7, 11) is -1.92. The van der Waals surface area contributed by atoms with Crippen LogP contribution in [-0.4, -0.2) is 18.2 Å². The fraction of sp³-hybridized carbons (Fsp3) is 0.400. The summed E-state index contributed by atoms with van der Waals surface area (Å²) in [6, 6.07) is 2.75. The monoisotopic (exact) mass is 341 g/mol. The van der Waals surface area contributed by atoms with Crippen LogP contribution >= 0.6 is 0 Å². The molecule has 0 unspecified atom stereocenters. The van der Waals surface area contributed by atoms with Crippen LogP contribution in [0.1, 0.15) is 28.9 Å². The molecule has 1 aromatic heterocycles. The highest BCUT2D eigenvalue weighted by Gasteiger charge is 2.22. The second-order valence-corrected chi connectivity index (χ2v) is 7.51. The van der Waals surface area contributed by atoms with Gasteiger partial charge in [-0.25, -0.2) is 21.9 Å². The van der Waals surface area contributed by atoms with Crippen LogP contribution in [0.3, 0.4) is 0 Å². The second kappa shape index (κ2) is 6.01. The molecule has 5 nitrogen and oxygen atoms in total. The van der Waals surface area contributed by atoms with Gasteiger partial charge in [-0.2, -0.15) is 5.10 Å². The Morgan fingerprint density at radius 2 is 1.91 bits per heavy atom. The largest absolute Gasteiger partial charge is 0.271 e. The number of rotatable bonds is 5. The summed E-state index contributed by atoms with van der Waals surface area (Å²) < 4.78 is 54.8. The average molecular weight is 341 g/mol. The standard InChI is InChI=1S/C15H17F2N3O2S/c1-20-15(13-3-2-4-14(13)19-20)8-18-23(21,22)9-10-5-11(16)7-12(17)6-10/h5-7,18H,2-4,8-9H2,1H3. The smallest absolute Gasteiger partial charge is 0.216 e. The normalized spacial score (nSPS) is 14.2. The predicted molar refractivity (Wildman–Crippen MR) is 81.1 cm³/mol. The maximum atomic E-state index is 13.1. The van der Waals surface area contributed by atoms with Crippen molar-refractivity contribution < 1.29 is 17.2 Å². The highest BCUT2D eigenvalue weighted by atomic mass is 32.2. The molecule has 0 spiro atoms. The summed E-state index contributed by atoms with van der Waals surface area (Å²) in [6.07, 6.45) is 2.84. The molecule has 1 aliphatic rings. The average Bonchev–Trinajstić information content (AvgIpc) is 2.95. The molecule has 1 aliphatic carbocycles. The first-order chi connectivity index (χ1) is 10.8. The number of nitrogens with one attached hydrogen (secondary N) is 1. The molecule has 0 bridgehead atoms. The molecule has 1 aromatic carbocycles. The number of halogens is 2. The first-order valence-corrected chi connectivity index (χ1v) is 8.95. The van der Waals surface area contributed by atoms with Crippen molar-refractivity contribution in [2.45, 2.75) is 31.6 Å². The zero-order chi connectivity index (χ0) is 16.6. The molecule has 8 heteroatoms. The SMILES string of the molecule is Cn1nc2c(c1CNS(=O)(=O)Cc1cc(F)cc(F)c1)CCC2. The molecule has 1 N–H and O–H groups in total. The van der Waals surface area contributed by atoms with E-state index in [1.807, 2.05) is 0 Å². The molecule has 0 aliphatic heterocycles. The van der Waals surface area contributed by atoms with Gasteiger partial charge in [-0.3, -0.25) is 4.68 Å². The van der Waals surface area contributed by atoms with Gasteiger partial charge in [-0.05, 0) is 42.5 Å². The van der Waals surface area contributed by atoms with Gasteiger partial charge >= 0.3 is 0 Å². The third-order valence-electron chi connectivity index (χ3n) is 3.94. The Morgan fingerprint density at radius 3 is 2.61 bits per heavy atom. The minimum absolute atomic E-state index is 0.0743. The van der Waals surface area contributed by atoms with Crippen LogP contribution in [0.15, 0.2) is 18.2 Å². The van der Waals surface area contributed by atoms with Crippen molar-refractivity contribution in [3.63, 3.8) is 0 Å². The summed E-state index contributed by atoms with van der Waals surface area (Å²) in [5.41, 5.74) is 3.04. The second-order valence-electron chi connectivity index (χ2n) is 5.71. The Hall–Kier alpha value is -1.80.